The molecule has 0 saturated carbocycles. The number of nitrogens with two attached hydrogens (primary N) is 1. The zero-order chi connectivity index (χ0) is 38.1. The minimum absolute atomic E-state index is 0.268. The number of amides is 2. The molecule has 2 aliphatic heterocycles. The summed E-state index contributed by atoms with van der Waals surface area (Å²) in [7, 11) is -6.99. The number of rotatable bonds is 14. The van der Waals surface area contributed by atoms with Crippen molar-refractivity contribution in [2.75, 3.05) is 21.7 Å². The van der Waals surface area contributed by atoms with E-state index in [1.165, 1.54) is 8.61 Å². The van der Waals surface area contributed by atoms with Crippen molar-refractivity contribution < 1.29 is 42.0 Å². The molecule has 6 rings (SSSR count). The van der Waals surface area contributed by atoms with Crippen LogP contribution in [0.1, 0.15) is 65.2 Å². The molecule has 0 saturated heterocycles. The molecule has 52 heavy (non-hydrogen) atoms. The molecule has 0 radical (unpaired) electrons. The van der Waals surface area contributed by atoms with E-state index in [0.717, 1.165) is 45.8 Å². The largest absolute Gasteiger partial charge is 0.320 e. The van der Waals surface area contributed by atoms with Crippen molar-refractivity contribution in [3.05, 3.63) is 72.8 Å². The van der Waals surface area contributed by atoms with Crippen LogP contribution in [0.5, 0.6) is 0 Å². The van der Waals surface area contributed by atoms with Gasteiger partial charge in [0.15, 0.2) is 0 Å². The number of nitrogens with zero attached hydrogens (tertiary/aromatic N) is 2. The first-order valence-corrected chi connectivity index (χ1v) is 20.0. The SMILES string of the molecule is CC(CCCC(=O)NO)CCN1c2cccc3cccc(c23)S1(=O)=O.CC(CCCN1c2cccc3cccc(c23)S1(=O)=O)CCC(=O)NO.NO. The van der Waals surface area contributed by atoms with Gasteiger partial charge in [0.05, 0.1) is 21.2 Å². The third-order valence-corrected chi connectivity index (χ3v) is 13.2. The summed E-state index contributed by atoms with van der Waals surface area (Å²) in [4.78, 5) is 22.9. The van der Waals surface area contributed by atoms with Crippen LogP contribution in [-0.4, -0.2) is 57.4 Å². The maximum Gasteiger partial charge on any atom is 0.265 e. The van der Waals surface area contributed by atoms with E-state index in [4.69, 9.17) is 15.6 Å². The molecule has 2 heterocycles. The lowest BCUT2D eigenvalue weighted by molar-refractivity contribution is -0.130. The van der Waals surface area contributed by atoms with Crippen LogP contribution in [0, 0.1) is 11.8 Å². The number of hydroxylamine groups is 2. The first kappa shape index (κ1) is 40.5. The van der Waals surface area contributed by atoms with E-state index in [-0.39, 0.29) is 24.7 Å². The fourth-order valence-corrected chi connectivity index (χ4v) is 10.2. The zero-order valence-corrected chi connectivity index (χ0v) is 30.9. The maximum absolute atomic E-state index is 12.9. The molecule has 0 spiro atoms. The Morgan fingerprint density at radius 1 is 0.615 bits per heavy atom. The molecule has 0 bridgehead atoms. The van der Waals surface area contributed by atoms with Gasteiger partial charge in [0.2, 0.25) is 11.8 Å². The van der Waals surface area contributed by atoms with E-state index in [2.05, 4.69) is 5.90 Å². The molecule has 2 aliphatic rings. The molecule has 282 valence electrons. The number of carbonyl (C=O) groups excluding carboxylic acids is 2. The summed E-state index contributed by atoms with van der Waals surface area (Å²) in [5, 5.41) is 27.0. The van der Waals surface area contributed by atoms with Crippen LogP contribution in [0.15, 0.2) is 82.6 Å². The Kier molecular flexibility index (Phi) is 14.0. The van der Waals surface area contributed by atoms with Gasteiger partial charge in [-0.15, -0.1) is 0 Å². The highest BCUT2D eigenvalue weighted by Crippen LogP contribution is 2.43. The number of hydrogen-bond donors (Lipinski definition) is 6. The van der Waals surface area contributed by atoms with Crippen LogP contribution in [0.2, 0.25) is 0 Å². The van der Waals surface area contributed by atoms with Crippen LogP contribution >= 0.6 is 0 Å². The summed E-state index contributed by atoms with van der Waals surface area (Å²) in [6.45, 7) is 4.92. The number of nitrogens with one attached hydrogen (secondary N) is 2. The highest BCUT2D eigenvalue weighted by atomic mass is 32.2. The van der Waals surface area contributed by atoms with E-state index < -0.39 is 31.9 Å². The third-order valence-electron chi connectivity index (χ3n) is 9.46. The molecule has 16 heteroatoms. The van der Waals surface area contributed by atoms with Gasteiger partial charge in [-0.3, -0.25) is 28.6 Å². The zero-order valence-electron chi connectivity index (χ0n) is 29.2. The second kappa shape index (κ2) is 17.9. The maximum atomic E-state index is 12.9. The van der Waals surface area contributed by atoms with Gasteiger partial charge in [-0.05, 0) is 79.0 Å². The van der Waals surface area contributed by atoms with Gasteiger partial charge in [0.25, 0.3) is 20.0 Å². The van der Waals surface area contributed by atoms with Crippen molar-refractivity contribution >= 4 is 64.8 Å². The van der Waals surface area contributed by atoms with Gasteiger partial charge in [-0.2, -0.15) is 0 Å². The van der Waals surface area contributed by atoms with Crippen molar-refractivity contribution in [1.82, 2.24) is 11.0 Å². The summed E-state index contributed by atoms with van der Waals surface area (Å²) in [5.74, 6) is 3.28. The Labute approximate surface area is 304 Å². The van der Waals surface area contributed by atoms with Crippen molar-refractivity contribution in [3.8, 4) is 0 Å². The van der Waals surface area contributed by atoms with Gasteiger partial charge in [0.1, 0.15) is 0 Å². The molecule has 0 aromatic heterocycles. The molecule has 2 unspecified atom stereocenters. The van der Waals surface area contributed by atoms with Gasteiger partial charge in [-0.1, -0.05) is 68.8 Å². The Balaban J connectivity index is 0.000000222. The second-order valence-corrected chi connectivity index (χ2v) is 16.7. The average Bonchev–Trinajstić information content (AvgIpc) is 3.51. The molecule has 4 aromatic rings. The lowest BCUT2D eigenvalue weighted by Gasteiger charge is -2.21. The minimum atomic E-state index is -3.50. The predicted octanol–water partition coefficient (Wildman–Crippen LogP) is 5.44. The summed E-state index contributed by atoms with van der Waals surface area (Å²) >= 11 is 0. The highest BCUT2D eigenvalue weighted by Gasteiger charge is 2.36. The Morgan fingerprint density at radius 2 is 1.04 bits per heavy atom. The molecule has 14 nitrogen and oxygen atoms in total. The fourth-order valence-electron chi connectivity index (χ4n) is 6.71. The summed E-state index contributed by atoms with van der Waals surface area (Å²) < 4.78 is 54.4. The summed E-state index contributed by atoms with van der Waals surface area (Å²) in [6.07, 6.45) is 4.91. The van der Waals surface area contributed by atoms with Crippen LogP contribution in [0.3, 0.4) is 0 Å². The Hall–Kier alpha value is -4.32. The van der Waals surface area contributed by atoms with Crippen molar-refractivity contribution in [3.63, 3.8) is 0 Å². The first-order valence-electron chi connectivity index (χ1n) is 17.1. The van der Waals surface area contributed by atoms with E-state index in [9.17, 15) is 26.4 Å². The first-order chi connectivity index (χ1) is 24.9. The van der Waals surface area contributed by atoms with Crippen LogP contribution in [0.25, 0.3) is 21.5 Å². The number of sulfonamides is 2. The van der Waals surface area contributed by atoms with Gasteiger partial charge in [-0.25, -0.2) is 33.7 Å². The van der Waals surface area contributed by atoms with E-state index >= 15 is 0 Å². The van der Waals surface area contributed by atoms with Crippen molar-refractivity contribution in [2.24, 2.45) is 17.7 Å². The lowest BCUT2D eigenvalue weighted by Crippen LogP contribution is -2.29. The lowest BCUT2D eigenvalue weighted by atomic mass is 9.99. The topological polar surface area (TPSA) is 220 Å². The Morgan fingerprint density at radius 3 is 1.54 bits per heavy atom. The molecule has 2 amide bonds. The number of anilines is 2. The number of carbonyl (C=O) groups is 2. The van der Waals surface area contributed by atoms with Gasteiger partial charge >= 0.3 is 0 Å². The van der Waals surface area contributed by atoms with E-state index in [0.29, 0.717) is 48.6 Å². The quantitative estimate of drug-likeness (QED) is 0.0707. The molecular weight excluding hydrogens is 711 g/mol. The summed E-state index contributed by atoms with van der Waals surface area (Å²) in [6, 6.07) is 22.1. The Bertz CT molecular complexity index is 2080. The van der Waals surface area contributed by atoms with Crippen LogP contribution in [-0.2, 0) is 29.6 Å². The number of benzene rings is 4. The molecule has 2 atom stereocenters. The molecule has 0 fully saturated rings. The highest BCUT2D eigenvalue weighted by molar-refractivity contribution is 7.93. The van der Waals surface area contributed by atoms with Crippen LogP contribution in [0.4, 0.5) is 11.4 Å². The molecule has 4 aromatic carbocycles. The number of hydrogen-bond acceptors (Lipinski definition) is 10. The average molecular weight is 758 g/mol. The molecular formula is C36H47N5O9S2. The smallest absolute Gasteiger partial charge is 0.265 e. The predicted molar refractivity (Wildman–Crippen MR) is 198 cm³/mol. The molecule has 0 aliphatic carbocycles. The normalized spacial score (nSPS) is 15.7. The van der Waals surface area contributed by atoms with Crippen molar-refractivity contribution in [2.45, 2.75) is 75.0 Å². The molecule has 7 N–H and O–H groups in total. The second-order valence-electron chi connectivity index (χ2n) is 13.1. The monoisotopic (exact) mass is 757 g/mol. The minimum Gasteiger partial charge on any atom is -0.320 e. The van der Waals surface area contributed by atoms with Gasteiger partial charge in [0, 0.05) is 36.7 Å². The third kappa shape index (κ3) is 8.82. The van der Waals surface area contributed by atoms with Crippen LogP contribution < -0.4 is 25.5 Å². The van der Waals surface area contributed by atoms with E-state index in [1.807, 2.05) is 62.4 Å². The standard InChI is InChI=1S/2C18H22N2O4S.H3NO/c1-13(10-11-17(21)19-22)5-4-12-20-15-8-2-6-14-7-3-9-16(18(14)15)25(20,23)24;1-13(5-2-10-17(21)19-22)11-12-20-15-8-3-6-14-7-4-9-16(18(14)15)25(20,23)24;1-2/h2-3,6-9,13,22H,4-5,10-12H2,1H3,(H,19,21);3-4,6-9,13,22H,2,5,10-12H2,1H3,(H,19,21);2H,1H2. The van der Waals surface area contributed by atoms with Gasteiger partial charge < -0.3 is 5.21 Å². The van der Waals surface area contributed by atoms with Crippen molar-refractivity contribution in [1.29, 1.82) is 0 Å². The fraction of sp³-hybridized carbons (Fsp3) is 0.389. The summed E-state index contributed by atoms with van der Waals surface area (Å²) in [5.41, 5.74) is 4.75. The van der Waals surface area contributed by atoms with E-state index in [1.54, 1.807) is 35.2 Å².